The summed E-state index contributed by atoms with van der Waals surface area (Å²) < 4.78 is 6.88. The van der Waals surface area contributed by atoms with Gasteiger partial charge in [0.05, 0.1) is 49.4 Å². The van der Waals surface area contributed by atoms with E-state index >= 15 is 0 Å². The van der Waals surface area contributed by atoms with Crippen molar-refractivity contribution in [2.45, 2.75) is 13.1 Å². The number of hydrogen-bond acceptors (Lipinski definition) is 8. The summed E-state index contributed by atoms with van der Waals surface area (Å²) in [5.41, 5.74) is 10.7. The second-order valence-electron chi connectivity index (χ2n) is 6.28. The minimum absolute atomic E-state index is 0.549. The van der Waals surface area contributed by atoms with Gasteiger partial charge in [-0.1, -0.05) is 18.2 Å². The van der Waals surface area contributed by atoms with Crippen LogP contribution in [-0.4, -0.2) is 39.9 Å². The first-order valence-corrected chi connectivity index (χ1v) is 8.81. The van der Waals surface area contributed by atoms with Crippen LogP contribution in [0, 0.1) is 11.3 Å². The van der Waals surface area contributed by atoms with Crippen LogP contribution in [0.15, 0.2) is 65.4 Å². The number of aliphatic imine (C=N–C) groups is 1. The van der Waals surface area contributed by atoms with E-state index in [4.69, 9.17) is 4.74 Å². The van der Waals surface area contributed by atoms with Crippen LogP contribution in [-0.2, 0) is 17.8 Å². The molecular weight excluding hydrogens is 356 g/mol. The maximum Gasteiger partial charge on any atom is 0.115 e. The second kappa shape index (κ2) is 7.85. The number of nitrogens with one attached hydrogen (secondary N) is 2. The Morgan fingerprint density at radius 1 is 1.32 bits per heavy atom. The Hall–Kier alpha value is -3.77. The molecule has 0 aliphatic carbocycles. The lowest BCUT2D eigenvalue weighted by atomic mass is 10.1. The molecular formula is C19H20N8O. The molecule has 0 bridgehead atoms. The smallest absolute Gasteiger partial charge is 0.115 e. The molecule has 2 aliphatic heterocycles. The van der Waals surface area contributed by atoms with Gasteiger partial charge in [-0.15, -0.1) is 0 Å². The van der Waals surface area contributed by atoms with Gasteiger partial charge in [-0.3, -0.25) is 15.1 Å². The summed E-state index contributed by atoms with van der Waals surface area (Å²) in [5, 5.41) is 17.3. The van der Waals surface area contributed by atoms with E-state index in [0.29, 0.717) is 25.3 Å². The third-order valence-corrected chi connectivity index (χ3v) is 4.38. The molecule has 0 fully saturated rings. The maximum atomic E-state index is 9.31. The number of methoxy groups -OCH3 is 1. The van der Waals surface area contributed by atoms with Crippen LogP contribution in [0.3, 0.4) is 0 Å². The highest BCUT2D eigenvalue weighted by molar-refractivity contribution is 5.66. The number of rotatable bonds is 7. The van der Waals surface area contributed by atoms with Crippen molar-refractivity contribution in [3.63, 3.8) is 0 Å². The van der Waals surface area contributed by atoms with Gasteiger partial charge in [0.2, 0.25) is 0 Å². The molecule has 0 unspecified atom stereocenters. The molecule has 2 aliphatic rings. The summed E-state index contributed by atoms with van der Waals surface area (Å²) in [6, 6.07) is 9.81. The van der Waals surface area contributed by atoms with Crippen molar-refractivity contribution in [2.24, 2.45) is 4.99 Å². The molecule has 4 rings (SSSR count). The first-order valence-electron chi connectivity index (χ1n) is 8.81. The van der Waals surface area contributed by atoms with E-state index in [1.54, 1.807) is 24.7 Å². The molecule has 0 spiro atoms. The maximum absolute atomic E-state index is 9.31. The van der Waals surface area contributed by atoms with Gasteiger partial charge < -0.3 is 10.2 Å². The number of nitriles is 1. The van der Waals surface area contributed by atoms with Crippen molar-refractivity contribution < 1.29 is 4.74 Å². The Morgan fingerprint density at radius 3 is 3.07 bits per heavy atom. The lowest BCUT2D eigenvalue weighted by molar-refractivity contribution is 0.183. The Morgan fingerprint density at radius 2 is 2.21 bits per heavy atom. The largest absolute Gasteiger partial charge is 0.383 e. The Kier molecular flexibility index (Phi) is 4.95. The van der Waals surface area contributed by atoms with E-state index in [-0.39, 0.29) is 0 Å². The number of fused-ring (bicyclic) bond motifs is 1. The normalized spacial score (nSPS) is 14.9. The van der Waals surface area contributed by atoms with E-state index in [1.807, 2.05) is 52.6 Å². The van der Waals surface area contributed by atoms with Crippen LogP contribution in [0.4, 0.5) is 5.69 Å². The average Bonchev–Trinajstić information content (AvgIpc) is 3.34. The third-order valence-electron chi connectivity index (χ3n) is 4.38. The van der Waals surface area contributed by atoms with Crippen molar-refractivity contribution in [3.8, 4) is 6.07 Å². The summed E-state index contributed by atoms with van der Waals surface area (Å²) >= 11 is 0. The van der Waals surface area contributed by atoms with Crippen molar-refractivity contribution in [1.82, 2.24) is 25.2 Å². The molecule has 142 valence electrons. The highest BCUT2D eigenvalue weighted by atomic mass is 16.5. The van der Waals surface area contributed by atoms with Crippen LogP contribution >= 0.6 is 0 Å². The van der Waals surface area contributed by atoms with Crippen LogP contribution in [0.2, 0.25) is 0 Å². The number of nitrogens with zero attached hydrogens (tertiary/aromatic N) is 6. The molecule has 0 atom stereocenters. The first-order chi connectivity index (χ1) is 13.8. The van der Waals surface area contributed by atoms with Gasteiger partial charge in [0.25, 0.3) is 0 Å². The topological polar surface area (TPSA) is 93.7 Å². The van der Waals surface area contributed by atoms with Gasteiger partial charge in [0.15, 0.2) is 0 Å². The summed E-state index contributed by atoms with van der Waals surface area (Å²) in [7, 11) is 1.67. The van der Waals surface area contributed by atoms with E-state index in [2.05, 4.69) is 27.0 Å². The monoisotopic (exact) mass is 376 g/mol. The number of ether oxygens (including phenoxy) is 1. The van der Waals surface area contributed by atoms with Crippen molar-refractivity contribution in [1.29, 1.82) is 5.26 Å². The lowest BCUT2D eigenvalue weighted by Crippen LogP contribution is -2.32. The third kappa shape index (κ3) is 3.67. The van der Waals surface area contributed by atoms with E-state index in [0.717, 1.165) is 22.6 Å². The highest BCUT2D eigenvalue weighted by Crippen LogP contribution is 2.26. The SMILES string of the molecule is COCCn1cc(NN2C=NC3=CNN(Cc4ccccc4C#N)C3=C2)cn1. The van der Waals surface area contributed by atoms with Crippen molar-refractivity contribution >= 4 is 12.0 Å². The molecule has 1 aromatic heterocycles. The molecule has 2 aromatic rings. The zero-order chi connectivity index (χ0) is 19.3. The van der Waals surface area contributed by atoms with Gasteiger partial charge in [-0.2, -0.15) is 10.4 Å². The molecule has 28 heavy (non-hydrogen) atoms. The zero-order valence-corrected chi connectivity index (χ0v) is 15.4. The molecule has 9 nitrogen and oxygen atoms in total. The number of hydrazine groups is 2. The Bertz CT molecular complexity index is 984. The average molecular weight is 376 g/mol. The molecule has 3 heterocycles. The van der Waals surface area contributed by atoms with Crippen LogP contribution in [0.5, 0.6) is 0 Å². The molecule has 0 amide bonds. The molecule has 1 aromatic carbocycles. The Balaban J connectivity index is 1.46. The standard InChI is InChI=1S/C19H20N8O/c1-28-7-6-25-12-17(9-22-25)24-26-13-19-18(21-14-26)10-23-27(19)11-16-5-3-2-4-15(16)8-20/h2-5,9-10,12-14,23-24H,6-7,11H2,1H3. The molecule has 0 radical (unpaired) electrons. The van der Waals surface area contributed by atoms with E-state index < -0.39 is 0 Å². The fraction of sp³-hybridized carbons (Fsp3) is 0.211. The van der Waals surface area contributed by atoms with Gasteiger partial charge >= 0.3 is 0 Å². The van der Waals surface area contributed by atoms with Gasteiger partial charge in [0.1, 0.15) is 17.7 Å². The molecule has 9 heteroatoms. The quantitative estimate of drug-likeness (QED) is 0.761. The zero-order valence-electron chi connectivity index (χ0n) is 15.4. The molecule has 2 N–H and O–H groups in total. The number of hydrogen-bond donors (Lipinski definition) is 2. The second-order valence-corrected chi connectivity index (χ2v) is 6.28. The van der Waals surface area contributed by atoms with Crippen molar-refractivity contribution in [3.05, 3.63) is 71.6 Å². The number of benzene rings is 1. The Labute approximate surface area is 162 Å². The predicted octanol–water partition coefficient (Wildman–Crippen LogP) is 1.78. The first kappa shape index (κ1) is 17.6. The van der Waals surface area contributed by atoms with E-state index in [9.17, 15) is 5.26 Å². The highest BCUT2D eigenvalue weighted by Gasteiger charge is 2.24. The van der Waals surface area contributed by atoms with Gasteiger partial charge in [0, 0.05) is 19.5 Å². The van der Waals surface area contributed by atoms with Crippen LogP contribution in [0.25, 0.3) is 0 Å². The summed E-state index contributed by atoms with van der Waals surface area (Å²) in [6.07, 6.45) is 9.15. The fourth-order valence-electron chi connectivity index (χ4n) is 2.96. The van der Waals surface area contributed by atoms with E-state index in [1.165, 1.54) is 0 Å². The van der Waals surface area contributed by atoms with Gasteiger partial charge in [-0.05, 0) is 11.6 Å². The van der Waals surface area contributed by atoms with Crippen molar-refractivity contribution in [2.75, 3.05) is 19.1 Å². The minimum Gasteiger partial charge on any atom is -0.383 e. The van der Waals surface area contributed by atoms with Gasteiger partial charge in [-0.25, -0.2) is 10.0 Å². The fourth-order valence-corrected chi connectivity index (χ4v) is 2.96. The van der Waals surface area contributed by atoms with Crippen LogP contribution in [0.1, 0.15) is 11.1 Å². The predicted molar refractivity (Wildman–Crippen MR) is 104 cm³/mol. The number of anilines is 1. The van der Waals surface area contributed by atoms with Crippen LogP contribution < -0.4 is 10.9 Å². The molecule has 0 saturated carbocycles. The minimum atomic E-state index is 0.549. The number of aromatic nitrogens is 2. The summed E-state index contributed by atoms with van der Waals surface area (Å²) in [5.74, 6) is 0. The summed E-state index contributed by atoms with van der Waals surface area (Å²) in [6.45, 7) is 1.85. The summed E-state index contributed by atoms with van der Waals surface area (Å²) in [4.78, 5) is 4.47. The lowest BCUT2D eigenvalue weighted by Gasteiger charge is -2.26. The molecule has 0 saturated heterocycles.